The fraction of sp³-hybridized carbons (Fsp3) is 0.217. The van der Waals surface area contributed by atoms with Crippen LogP contribution in [0.25, 0.3) is 33.1 Å². The third kappa shape index (κ3) is 3.92. The number of carbonyl (C=O) groups is 1. The zero-order chi connectivity index (χ0) is 22.1. The van der Waals surface area contributed by atoms with Crippen LogP contribution >= 0.6 is 0 Å². The number of fused-ring (bicyclic) bond motifs is 3. The van der Waals surface area contributed by atoms with Crippen LogP contribution in [0.15, 0.2) is 47.5 Å². The van der Waals surface area contributed by atoms with Gasteiger partial charge in [0.15, 0.2) is 10.7 Å². The van der Waals surface area contributed by atoms with E-state index >= 15 is 0 Å². The average Bonchev–Trinajstić information content (AvgIpc) is 3.13. The number of nitrogens with zero attached hydrogens (tertiary/aromatic N) is 1. The van der Waals surface area contributed by atoms with Crippen LogP contribution in [0.2, 0.25) is 0 Å². The molecule has 0 aliphatic heterocycles. The van der Waals surface area contributed by atoms with Crippen LogP contribution in [0.5, 0.6) is 0 Å². The van der Waals surface area contributed by atoms with Crippen molar-refractivity contribution in [3.63, 3.8) is 0 Å². The molecule has 2 heterocycles. The number of hydrogen-bond donors (Lipinski definition) is 4. The van der Waals surface area contributed by atoms with E-state index in [-0.39, 0.29) is 17.4 Å². The maximum absolute atomic E-state index is 12.9. The van der Waals surface area contributed by atoms with E-state index < -0.39 is 10.7 Å². The number of H-pyrrole nitrogens is 1. The Hall–Kier alpha value is -3.23. The lowest BCUT2D eigenvalue weighted by molar-refractivity contribution is 0.0950. The molecule has 8 heteroatoms. The second kappa shape index (κ2) is 8.49. The monoisotopic (exact) mass is 437 g/mol. The molecule has 0 spiro atoms. The number of aliphatic hydroxyl groups excluding tert-OH is 1. The summed E-state index contributed by atoms with van der Waals surface area (Å²) in [4.78, 5) is 20.9. The predicted octanol–water partition coefficient (Wildman–Crippen LogP) is 3.08. The number of hydrogen-bond acceptors (Lipinski definition) is 5. The van der Waals surface area contributed by atoms with Gasteiger partial charge in [-0.1, -0.05) is 12.1 Å². The molecule has 2 aromatic heterocycles. The Morgan fingerprint density at radius 2 is 2.00 bits per heavy atom. The van der Waals surface area contributed by atoms with Crippen molar-refractivity contribution in [2.75, 3.05) is 13.2 Å². The summed E-state index contributed by atoms with van der Waals surface area (Å²) in [5.41, 5.74) is 5.21. The molecule has 31 heavy (non-hydrogen) atoms. The molecule has 0 atom stereocenters. The summed E-state index contributed by atoms with van der Waals surface area (Å²) in [5.74, 6) is -0.247. The molecule has 160 valence electrons. The third-order valence-corrected chi connectivity index (χ3v) is 6.06. The van der Waals surface area contributed by atoms with Gasteiger partial charge in [-0.2, -0.15) is 0 Å². The lowest BCUT2D eigenvalue weighted by atomic mass is 9.93. The maximum Gasteiger partial charge on any atom is 0.251 e. The van der Waals surface area contributed by atoms with E-state index in [1.165, 1.54) is 0 Å². The minimum absolute atomic E-state index is 0.00322. The molecule has 2 aromatic carbocycles. The summed E-state index contributed by atoms with van der Waals surface area (Å²) in [7, 11) is -2.73. The Bertz CT molecular complexity index is 1380. The van der Waals surface area contributed by atoms with Crippen molar-refractivity contribution in [2.45, 2.75) is 25.2 Å². The van der Waals surface area contributed by atoms with Crippen LogP contribution in [-0.4, -0.2) is 42.6 Å². The van der Waals surface area contributed by atoms with E-state index in [2.05, 4.69) is 15.3 Å². The Balaban J connectivity index is 2.02. The third-order valence-electron chi connectivity index (χ3n) is 5.36. The molecule has 0 saturated heterocycles. The van der Waals surface area contributed by atoms with Crippen LogP contribution in [-0.2, 0) is 10.7 Å². The second-order valence-corrected chi connectivity index (χ2v) is 8.55. The molecular weight excluding hydrogens is 414 g/mol. The highest BCUT2D eigenvalue weighted by molar-refractivity contribution is 7.72. The molecule has 0 aliphatic rings. The molecule has 4 rings (SSSR count). The summed E-state index contributed by atoms with van der Waals surface area (Å²) in [5, 5.41) is 13.6. The van der Waals surface area contributed by atoms with E-state index in [4.69, 9.17) is 5.11 Å². The van der Waals surface area contributed by atoms with Gasteiger partial charge < -0.3 is 15.4 Å². The Morgan fingerprint density at radius 1 is 1.19 bits per heavy atom. The smallest absolute Gasteiger partial charge is 0.251 e. The number of nitrogens with one attached hydrogen (secondary N) is 2. The molecule has 4 aromatic rings. The number of thiol groups is 1. The first-order valence-electron chi connectivity index (χ1n) is 9.96. The number of rotatable bonds is 6. The van der Waals surface area contributed by atoms with Crippen LogP contribution in [0.3, 0.4) is 0 Å². The second-order valence-electron chi connectivity index (χ2n) is 7.52. The van der Waals surface area contributed by atoms with Crippen molar-refractivity contribution in [1.82, 2.24) is 15.3 Å². The Labute approximate surface area is 181 Å². The van der Waals surface area contributed by atoms with E-state index in [1.807, 2.05) is 26.0 Å². The Kier molecular flexibility index (Phi) is 5.75. The predicted molar refractivity (Wildman–Crippen MR) is 121 cm³/mol. The number of benzene rings is 2. The molecule has 0 aliphatic carbocycles. The van der Waals surface area contributed by atoms with Gasteiger partial charge in [-0.05, 0) is 66.8 Å². The van der Waals surface area contributed by atoms with Gasteiger partial charge in [-0.15, -0.1) is 0 Å². The fourth-order valence-electron chi connectivity index (χ4n) is 3.82. The minimum atomic E-state index is -2.73. The molecular formula is C23H23N3O4S. The van der Waals surface area contributed by atoms with E-state index in [0.717, 1.165) is 33.0 Å². The van der Waals surface area contributed by atoms with Gasteiger partial charge in [0.25, 0.3) is 5.91 Å². The van der Waals surface area contributed by atoms with Crippen molar-refractivity contribution in [2.24, 2.45) is 0 Å². The number of carbonyl (C=O) groups excluding carboxylic acids is 1. The lowest BCUT2D eigenvalue weighted by Gasteiger charge is -2.13. The number of aromatic nitrogens is 2. The van der Waals surface area contributed by atoms with Gasteiger partial charge in [0.2, 0.25) is 0 Å². The first-order valence-corrected chi connectivity index (χ1v) is 11.1. The number of amides is 1. The molecule has 0 fully saturated rings. The van der Waals surface area contributed by atoms with E-state index in [9.17, 15) is 13.2 Å². The molecule has 3 N–H and O–H groups in total. The highest BCUT2D eigenvalue weighted by Crippen LogP contribution is 2.38. The molecule has 0 unspecified atom stereocenters. The fourth-order valence-corrected chi connectivity index (χ4v) is 4.27. The van der Waals surface area contributed by atoms with Gasteiger partial charge in [-0.25, -0.2) is 13.4 Å². The van der Waals surface area contributed by atoms with E-state index in [1.54, 1.807) is 30.5 Å². The minimum Gasteiger partial charge on any atom is -0.396 e. The van der Waals surface area contributed by atoms with Crippen molar-refractivity contribution in [3.8, 4) is 11.1 Å². The van der Waals surface area contributed by atoms with Crippen molar-refractivity contribution >= 4 is 38.5 Å². The van der Waals surface area contributed by atoms with Gasteiger partial charge in [0, 0.05) is 35.7 Å². The van der Waals surface area contributed by atoms with E-state index in [0.29, 0.717) is 29.7 Å². The Morgan fingerprint density at radius 3 is 2.74 bits per heavy atom. The average molecular weight is 438 g/mol. The summed E-state index contributed by atoms with van der Waals surface area (Å²) in [6.07, 6.45) is 2.24. The van der Waals surface area contributed by atoms with Gasteiger partial charge in [0.05, 0.1) is 10.4 Å². The van der Waals surface area contributed by atoms with Crippen molar-refractivity contribution < 1.29 is 18.3 Å². The summed E-state index contributed by atoms with van der Waals surface area (Å²) < 4.78 is 23.1. The first kappa shape index (κ1) is 21.0. The zero-order valence-corrected chi connectivity index (χ0v) is 18.1. The summed E-state index contributed by atoms with van der Waals surface area (Å²) in [6, 6.07) is 10.5. The number of pyridine rings is 1. The first-order chi connectivity index (χ1) is 14.9. The zero-order valence-electron chi connectivity index (χ0n) is 17.2. The molecule has 0 saturated carbocycles. The molecule has 1 amide bonds. The molecule has 7 nitrogen and oxygen atoms in total. The number of aryl methyl sites for hydroxylation is 2. The van der Waals surface area contributed by atoms with Crippen molar-refractivity contribution in [1.29, 1.82) is 0 Å². The highest BCUT2D eigenvalue weighted by Gasteiger charge is 2.20. The molecule has 0 radical (unpaired) electrons. The van der Waals surface area contributed by atoms with Crippen LogP contribution < -0.4 is 5.32 Å². The van der Waals surface area contributed by atoms with Crippen LogP contribution in [0.1, 0.15) is 27.9 Å². The van der Waals surface area contributed by atoms with Gasteiger partial charge in [-0.3, -0.25) is 4.79 Å². The quantitative estimate of drug-likeness (QED) is 0.274. The molecule has 0 bridgehead atoms. The van der Waals surface area contributed by atoms with Crippen molar-refractivity contribution in [3.05, 3.63) is 59.3 Å². The summed E-state index contributed by atoms with van der Waals surface area (Å²) >= 11 is 0. The van der Waals surface area contributed by atoms with Crippen LogP contribution in [0.4, 0.5) is 0 Å². The number of aliphatic hydroxyl groups is 1. The standard InChI is InChI=1S/C23H23N3O4S/c1-13-9-19-20-18(15-5-3-6-16(10-15)31(29)30)11-17(23(28)24-7-4-8-27)14(2)21(20)26-22(19)25-12-13/h3,5-6,9-12,27,31H,4,7-8H2,1-2H3,(H,24,28)(H,25,26). The van der Waals surface area contributed by atoms with Gasteiger partial charge in [0.1, 0.15) is 5.65 Å². The summed E-state index contributed by atoms with van der Waals surface area (Å²) in [6.45, 7) is 4.20. The maximum atomic E-state index is 12.9. The highest BCUT2D eigenvalue weighted by atomic mass is 32.2. The van der Waals surface area contributed by atoms with Crippen LogP contribution in [0, 0.1) is 13.8 Å². The lowest BCUT2D eigenvalue weighted by Crippen LogP contribution is -2.25. The SMILES string of the molecule is Cc1cnc2[nH]c3c(C)c(C(=O)NCCCO)cc(-c4cccc([SH](=O)=O)c4)c3c2c1. The van der Waals surface area contributed by atoms with Gasteiger partial charge >= 0.3 is 0 Å². The largest absolute Gasteiger partial charge is 0.396 e. The number of aromatic amines is 1. The topological polar surface area (TPSA) is 112 Å². The normalized spacial score (nSPS) is 11.5.